The van der Waals surface area contributed by atoms with E-state index in [2.05, 4.69) is 0 Å². The molecule has 0 spiro atoms. The van der Waals surface area contributed by atoms with Gasteiger partial charge in [-0.2, -0.15) is 0 Å². The van der Waals surface area contributed by atoms with E-state index >= 15 is 0 Å². The van der Waals surface area contributed by atoms with Crippen LogP contribution in [0.4, 0.5) is 8.78 Å². The number of alkyl halides is 1. The first-order valence-electron chi connectivity index (χ1n) is 3.16. The van der Waals surface area contributed by atoms with Crippen LogP contribution in [0.25, 0.3) is 0 Å². The second-order valence-electron chi connectivity index (χ2n) is 2.30. The van der Waals surface area contributed by atoms with Gasteiger partial charge in [0.15, 0.2) is 11.6 Å². The van der Waals surface area contributed by atoms with Crippen molar-refractivity contribution in [2.45, 2.75) is 12.8 Å². The van der Waals surface area contributed by atoms with Gasteiger partial charge in [0.1, 0.15) is 0 Å². The van der Waals surface area contributed by atoms with Crippen LogP contribution in [-0.2, 0) is 5.88 Å². The molecule has 1 rings (SSSR count). The van der Waals surface area contributed by atoms with Crippen LogP contribution >= 0.6 is 11.6 Å². The van der Waals surface area contributed by atoms with E-state index in [1.807, 2.05) is 0 Å². The quantitative estimate of drug-likeness (QED) is 0.577. The summed E-state index contributed by atoms with van der Waals surface area (Å²) in [6.45, 7) is 1.51. The van der Waals surface area contributed by atoms with Crippen LogP contribution in [-0.4, -0.2) is 0 Å². The van der Waals surface area contributed by atoms with Gasteiger partial charge in [-0.3, -0.25) is 0 Å². The van der Waals surface area contributed by atoms with Crippen molar-refractivity contribution in [2.24, 2.45) is 0 Å². The molecule has 0 saturated heterocycles. The Bertz CT molecular complexity index is 271. The summed E-state index contributed by atoms with van der Waals surface area (Å²) >= 11 is 5.35. The van der Waals surface area contributed by atoms with Gasteiger partial charge in [0, 0.05) is 5.56 Å². The van der Waals surface area contributed by atoms with Gasteiger partial charge in [0.2, 0.25) is 0 Å². The average molecular weight is 177 g/mol. The highest BCUT2D eigenvalue weighted by molar-refractivity contribution is 6.17. The molecule has 0 radical (unpaired) electrons. The third-order valence-corrected chi connectivity index (χ3v) is 1.79. The minimum atomic E-state index is -0.833. The molecule has 11 heavy (non-hydrogen) atoms. The molecule has 0 nitrogen and oxygen atoms in total. The van der Waals surface area contributed by atoms with Crippen LogP contribution in [0.1, 0.15) is 11.1 Å². The zero-order valence-corrected chi connectivity index (χ0v) is 6.75. The van der Waals surface area contributed by atoms with Crippen molar-refractivity contribution >= 4 is 11.6 Å². The molecule has 0 N–H and O–H groups in total. The fourth-order valence-corrected chi connectivity index (χ4v) is 0.996. The highest BCUT2D eigenvalue weighted by atomic mass is 35.5. The predicted molar refractivity (Wildman–Crippen MR) is 40.7 cm³/mol. The third-order valence-electron chi connectivity index (χ3n) is 1.50. The zero-order valence-electron chi connectivity index (χ0n) is 6.00. The summed E-state index contributed by atoms with van der Waals surface area (Å²) < 4.78 is 25.5. The Morgan fingerprint density at radius 2 is 1.91 bits per heavy atom. The van der Waals surface area contributed by atoms with E-state index in [1.165, 1.54) is 19.1 Å². The van der Waals surface area contributed by atoms with E-state index < -0.39 is 11.6 Å². The van der Waals surface area contributed by atoms with E-state index in [9.17, 15) is 8.78 Å². The third kappa shape index (κ3) is 1.51. The maximum Gasteiger partial charge on any atom is 0.163 e. The van der Waals surface area contributed by atoms with E-state index in [0.29, 0.717) is 5.56 Å². The van der Waals surface area contributed by atoms with Gasteiger partial charge >= 0.3 is 0 Å². The molecule has 0 unspecified atom stereocenters. The van der Waals surface area contributed by atoms with Gasteiger partial charge in [-0.1, -0.05) is 12.1 Å². The molecule has 0 bridgehead atoms. The number of halogens is 3. The highest BCUT2D eigenvalue weighted by Crippen LogP contribution is 2.16. The maximum atomic E-state index is 12.8. The van der Waals surface area contributed by atoms with Gasteiger partial charge < -0.3 is 0 Å². The predicted octanol–water partition coefficient (Wildman–Crippen LogP) is 3.01. The number of rotatable bonds is 1. The van der Waals surface area contributed by atoms with Crippen LogP contribution in [0.5, 0.6) is 0 Å². The van der Waals surface area contributed by atoms with Gasteiger partial charge in [-0.05, 0) is 12.5 Å². The SMILES string of the molecule is Cc1ccc(CCl)c(F)c1F. The van der Waals surface area contributed by atoms with Crippen LogP contribution in [0, 0.1) is 18.6 Å². The number of hydrogen-bond acceptors (Lipinski definition) is 0. The van der Waals surface area contributed by atoms with Crippen molar-refractivity contribution in [3.8, 4) is 0 Å². The minimum Gasteiger partial charge on any atom is -0.203 e. The van der Waals surface area contributed by atoms with Gasteiger partial charge in [0.25, 0.3) is 0 Å². The first-order chi connectivity index (χ1) is 5.16. The Morgan fingerprint density at radius 1 is 1.27 bits per heavy atom. The van der Waals surface area contributed by atoms with Crippen molar-refractivity contribution in [3.05, 3.63) is 34.9 Å². The molecule has 0 amide bonds. The molecular weight excluding hydrogens is 170 g/mol. The molecule has 0 atom stereocenters. The number of hydrogen-bond donors (Lipinski definition) is 0. The monoisotopic (exact) mass is 176 g/mol. The molecule has 0 aliphatic carbocycles. The van der Waals surface area contributed by atoms with Gasteiger partial charge in [0.05, 0.1) is 5.88 Å². The second-order valence-corrected chi connectivity index (χ2v) is 2.57. The van der Waals surface area contributed by atoms with Crippen LogP contribution in [0.3, 0.4) is 0 Å². The van der Waals surface area contributed by atoms with Crippen molar-refractivity contribution in [2.75, 3.05) is 0 Å². The summed E-state index contributed by atoms with van der Waals surface area (Å²) in [6.07, 6.45) is 0. The Balaban J connectivity index is 3.25. The largest absolute Gasteiger partial charge is 0.203 e. The first kappa shape index (κ1) is 8.47. The lowest BCUT2D eigenvalue weighted by molar-refractivity contribution is 0.497. The van der Waals surface area contributed by atoms with Crippen LogP contribution < -0.4 is 0 Å². The average Bonchev–Trinajstić information content (AvgIpc) is 2.01. The van der Waals surface area contributed by atoms with E-state index in [1.54, 1.807) is 0 Å². The van der Waals surface area contributed by atoms with Crippen molar-refractivity contribution < 1.29 is 8.78 Å². The number of benzene rings is 1. The van der Waals surface area contributed by atoms with Crippen LogP contribution in [0.2, 0.25) is 0 Å². The summed E-state index contributed by atoms with van der Waals surface area (Å²) in [4.78, 5) is 0. The number of aryl methyl sites for hydroxylation is 1. The van der Waals surface area contributed by atoms with Crippen molar-refractivity contribution in [1.29, 1.82) is 0 Å². The molecule has 0 aliphatic heterocycles. The standard InChI is InChI=1S/C8H7ClF2/c1-5-2-3-6(4-9)8(11)7(5)10/h2-3H,4H2,1H3. The molecule has 3 heteroatoms. The molecule has 1 aromatic rings. The fourth-order valence-electron chi connectivity index (χ4n) is 0.789. The molecule has 60 valence electrons. The lowest BCUT2D eigenvalue weighted by atomic mass is 10.1. The zero-order chi connectivity index (χ0) is 8.43. The Morgan fingerprint density at radius 3 is 2.45 bits per heavy atom. The summed E-state index contributed by atoms with van der Waals surface area (Å²) in [7, 11) is 0. The second kappa shape index (κ2) is 3.18. The molecular formula is C8H7ClF2. The van der Waals surface area contributed by atoms with E-state index in [4.69, 9.17) is 11.6 Å². The lowest BCUT2D eigenvalue weighted by Gasteiger charge is -2.01. The maximum absolute atomic E-state index is 12.8. The molecule has 0 saturated carbocycles. The summed E-state index contributed by atoms with van der Waals surface area (Å²) in [5, 5.41) is 0. The smallest absolute Gasteiger partial charge is 0.163 e. The van der Waals surface area contributed by atoms with Gasteiger partial charge in [-0.25, -0.2) is 8.78 Å². The molecule has 0 aromatic heterocycles. The van der Waals surface area contributed by atoms with Gasteiger partial charge in [-0.15, -0.1) is 11.6 Å². The topological polar surface area (TPSA) is 0 Å². The normalized spacial score (nSPS) is 10.2. The first-order valence-corrected chi connectivity index (χ1v) is 3.69. The molecule has 1 aromatic carbocycles. The fraction of sp³-hybridized carbons (Fsp3) is 0.250. The summed E-state index contributed by atoms with van der Waals surface area (Å²) in [6, 6.07) is 3.00. The minimum absolute atomic E-state index is 0.00301. The summed E-state index contributed by atoms with van der Waals surface area (Å²) in [5.74, 6) is -1.63. The molecule has 0 heterocycles. The highest BCUT2D eigenvalue weighted by Gasteiger charge is 2.08. The molecule has 0 fully saturated rings. The van der Waals surface area contributed by atoms with Crippen molar-refractivity contribution in [3.63, 3.8) is 0 Å². The van der Waals surface area contributed by atoms with Crippen LogP contribution in [0.15, 0.2) is 12.1 Å². The lowest BCUT2D eigenvalue weighted by Crippen LogP contribution is -1.93. The Labute approximate surface area is 68.8 Å². The van der Waals surface area contributed by atoms with E-state index in [0.717, 1.165) is 0 Å². The van der Waals surface area contributed by atoms with E-state index in [-0.39, 0.29) is 11.4 Å². The van der Waals surface area contributed by atoms with Crippen molar-refractivity contribution in [1.82, 2.24) is 0 Å². The Hall–Kier alpha value is -0.630. The summed E-state index contributed by atoms with van der Waals surface area (Å²) in [5.41, 5.74) is 0.506. The molecule has 0 aliphatic rings. The Kier molecular flexibility index (Phi) is 2.45.